The fourth-order valence-corrected chi connectivity index (χ4v) is 5.64. The van der Waals surface area contributed by atoms with Crippen LogP contribution >= 0.6 is 0 Å². The van der Waals surface area contributed by atoms with Crippen molar-refractivity contribution in [3.63, 3.8) is 0 Å². The quantitative estimate of drug-likeness (QED) is 0.151. The van der Waals surface area contributed by atoms with E-state index >= 15 is 0 Å². The molecular weight excluding hydrogens is 420 g/mol. The summed E-state index contributed by atoms with van der Waals surface area (Å²) in [4.78, 5) is 24.5. The highest BCUT2D eigenvalue weighted by atomic mass is 16.5. The zero-order valence-corrected chi connectivity index (χ0v) is 21.5. The summed E-state index contributed by atoms with van der Waals surface area (Å²) < 4.78 is 4.72. The van der Waals surface area contributed by atoms with Crippen LogP contribution in [0.2, 0.25) is 0 Å². The Balaban J connectivity index is 1.93. The summed E-state index contributed by atoms with van der Waals surface area (Å²) in [6.07, 6.45) is 13.5. The fraction of sp³-hybridized carbons (Fsp3) is 0.548. The molecule has 184 valence electrons. The van der Waals surface area contributed by atoms with Crippen LogP contribution < -0.4 is 0 Å². The molecule has 3 rings (SSSR count). The van der Waals surface area contributed by atoms with E-state index in [0.29, 0.717) is 12.8 Å². The summed E-state index contributed by atoms with van der Waals surface area (Å²) in [6.45, 7) is 4.53. The van der Waals surface area contributed by atoms with Crippen molar-refractivity contribution in [3.8, 4) is 11.1 Å². The number of fused-ring (bicyclic) bond motifs is 3. The van der Waals surface area contributed by atoms with Crippen molar-refractivity contribution in [1.82, 2.24) is 0 Å². The number of ketones is 1. The summed E-state index contributed by atoms with van der Waals surface area (Å²) >= 11 is 0. The third-order valence-electron chi connectivity index (χ3n) is 7.52. The normalized spacial score (nSPS) is 13.4. The average Bonchev–Trinajstić information content (AvgIpc) is 3.14. The van der Waals surface area contributed by atoms with Crippen LogP contribution in [0.4, 0.5) is 0 Å². The summed E-state index contributed by atoms with van der Waals surface area (Å²) in [5.74, 6) is -0.135. The molecule has 3 nitrogen and oxygen atoms in total. The zero-order valence-electron chi connectivity index (χ0n) is 21.5. The van der Waals surface area contributed by atoms with E-state index in [-0.39, 0.29) is 23.6 Å². The van der Waals surface area contributed by atoms with E-state index in [1.165, 1.54) is 80.7 Å². The van der Waals surface area contributed by atoms with Gasteiger partial charge in [0.1, 0.15) is 0 Å². The SMILES string of the molecule is CCCCCCC1(CCCCCC)c2ccccc2-c2ccc(C(=O)CCCC(=O)OC)cc21. The Labute approximate surface area is 206 Å². The van der Waals surface area contributed by atoms with E-state index in [0.717, 1.165) is 18.4 Å². The minimum absolute atomic E-state index is 0.00425. The lowest BCUT2D eigenvalue weighted by molar-refractivity contribution is -0.140. The number of rotatable bonds is 15. The Bertz CT molecular complexity index is 947. The van der Waals surface area contributed by atoms with Gasteiger partial charge < -0.3 is 4.74 Å². The van der Waals surface area contributed by atoms with E-state index in [1.807, 2.05) is 6.07 Å². The second-order valence-electron chi connectivity index (χ2n) is 9.86. The highest BCUT2D eigenvalue weighted by Gasteiger charge is 2.42. The molecule has 0 unspecified atom stereocenters. The maximum absolute atomic E-state index is 13.0. The number of carbonyl (C=O) groups excluding carboxylic acids is 2. The molecule has 0 fully saturated rings. The highest BCUT2D eigenvalue weighted by molar-refractivity contribution is 5.98. The van der Waals surface area contributed by atoms with Crippen LogP contribution in [0, 0.1) is 0 Å². The van der Waals surface area contributed by atoms with Crippen molar-refractivity contribution < 1.29 is 14.3 Å². The Kier molecular flexibility index (Phi) is 9.92. The van der Waals surface area contributed by atoms with Gasteiger partial charge in [-0.1, -0.05) is 102 Å². The van der Waals surface area contributed by atoms with E-state index in [2.05, 4.69) is 50.2 Å². The van der Waals surface area contributed by atoms with Crippen LogP contribution in [-0.4, -0.2) is 18.9 Å². The Morgan fingerprint density at radius 2 is 1.38 bits per heavy atom. The molecule has 0 heterocycles. The summed E-state index contributed by atoms with van der Waals surface area (Å²) in [5, 5.41) is 0. The molecule has 0 aliphatic heterocycles. The lowest BCUT2D eigenvalue weighted by Gasteiger charge is -2.33. The summed E-state index contributed by atoms with van der Waals surface area (Å²) in [6, 6.07) is 15.2. The predicted molar refractivity (Wildman–Crippen MR) is 140 cm³/mol. The molecule has 0 amide bonds. The topological polar surface area (TPSA) is 43.4 Å². The molecule has 0 atom stereocenters. The summed E-state index contributed by atoms with van der Waals surface area (Å²) in [5.41, 5.74) is 6.22. The molecule has 0 bridgehead atoms. The highest BCUT2D eigenvalue weighted by Crippen LogP contribution is 2.54. The summed E-state index contributed by atoms with van der Waals surface area (Å²) in [7, 11) is 1.39. The van der Waals surface area contributed by atoms with Gasteiger partial charge in [-0.15, -0.1) is 0 Å². The van der Waals surface area contributed by atoms with Crippen molar-refractivity contribution in [2.45, 2.75) is 103 Å². The van der Waals surface area contributed by atoms with Crippen molar-refractivity contribution in [3.05, 3.63) is 59.2 Å². The van der Waals surface area contributed by atoms with Crippen LogP contribution in [0.3, 0.4) is 0 Å². The zero-order chi connectivity index (χ0) is 24.4. The van der Waals surface area contributed by atoms with Crippen molar-refractivity contribution >= 4 is 11.8 Å². The predicted octanol–water partition coefficient (Wildman–Crippen LogP) is 8.42. The van der Waals surface area contributed by atoms with E-state index < -0.39 is 0 Å². The van der Waals surface area contributed by atoms with Gasteiger partial charge in [0.05, 0.1) is 7.11 Å². The smallest absolute Gasteiger partial charge is 0.305 e. The van der Waals surface area contributed by atoms with Crippen molar-refractivity contribution in [2.75, 3.05) is 7.11 Å². The first kappa shape index (κ1) is 26.2. The number of methoxy groups -OCH3 is 1. The third-order valence-corrected chi connectivity index (χ3v) is 7.52. The second kappa shape index (κ2) is 12.9. The van der Waals surface area contributed by atoms with Gasteiger partial charge in [0, 0.05) is 23.8 Å². The van der Waals surface area contributed by atoms with Crippen LogP contribution in [0.25, 0.3) is 11.1 Å². The van der Waals surface area contributed by atoms with Gasteiger partial charge in [0.2, 0.25) is 0 Å². The minimum Gasteiger partial charge on any atom is -0.469 e. The number of carbonyl (C=O) groups is 2. The van der Waals surface area contributed by atoms with Crippen LogP contribution in [0.15, 0.2) is 42.5 Å². The van der Waals surface area contributed by atoms with Gasteiger partial charge in [0.25, 0.3) is 0 Å². The molecule has 3 heteroatoms. The largest absolute Gasteiger partial charge is 0.469 e. The van der Waals surface area contributed by atoms with Crippen LogP contribution in [-0.2, 0) is 14.9 Å². The molecule has 0 saturated heterocycles. The van der Waals surface area contributed by atoms with E-state index in [4.69, 9.17) is 4.74 Å². The molecule has 2 aromatic carbocycles. The number of Topliss-reactive ketones (excluding diaryl/α,β-unsaturated/α-hetero) is 1. The van der Waals surface area contributed by atoms with Gasteiger partial charge >= 0.3 is 5.97 Å². The molecule has 0 N–H and O–H groups in total. The first-order valence-corrected chi connectivity index (χ1v) is 13.4. The maximum Gasteiger partial charge on any atom is 0.305 e. The van der Waals surface area contributed by atoms with E-state index in [9.17, 15) is 9.59 Å². The average molecular weight is 463 g/mol. The second-order valence-corrected chi connectivity index (χ2v) is 9.86. The molecule has 0 aromatic heterocycles. The monoisotopic (exact) mass is 462 g/mol. The molecule has 34 heavy (non-hydrogen) atoms. The van der Waals surface area contributed by atoms with E-state index in [1.54, 1.807) is 0 Å². The maximum atomic E-state index is 13.0. The third kappa shape index (κ3) is 5.98. The number of esters is 1. The van der Waals surface area contributed by atoms with Crippen molar-refractivity contribution in [2.24, 2.45) is 0 Å². The molecule has 2 aromatic rings. The molecule has 1 aliphatic rings. The first-order valence-electron chi connectivity index (χ1n) is 13.4. The number of benzene rings is 2. The van der Waals surface area contributed by atoms with Gasteiger partial charge in [-0.25, -0.2) is 0 Å². The Hall–Kier alpha value is -2.42. The van der Waals surface area contributed by atoms with Gasteiger partial charge in [-0.2, -0.15) is 0 Å². The molecular formula is C31H42O3. The number of hydrogen-bond donors (Lipinski definition) is 0. The Morgan fingerprint density at radius 1 is 0.735 bits per heavy atom. The minimum atomic E-state index is -0.254. The molecule has 0 radical (unpaired) electrons. The molecule has 0 saturated carbocycles. The molecule has 1 aliphatic carbocycles. The number of ether oxygens (including phenoxy) is 1. The van der Waals surface area contributed by atoms with Crippen molar-refractivity contribution in [1.29, 1.82) is 0 Å². The van der Waals surface area contributed by atoms with Gasteiger partial charge in [0.15, 0.2) is 5.78 Å². The number of unbranched alkanes of at least 4 members (excludes halogenated alkanes) is 6. The van der Waals surface area contributed by atoms with Crippen LogP contribution in [0.1, 0.15) is 119 Å². The lowest BCUT2D eigenvalue weighted by atomic mass is 9.70. The first-order chi connectivity index (χ1) is 16.6. The Morgan fingerprint density at radius 3 is 2.03 bits per heavy atom. The van der Waals surface area contributed by atoms with Gasteiger partial charge in [-0.3, -0.25) is 9.59 Å². The van der Waals surface area contributed by atoms with Gasteiger partial charge in [-0.05, 0) is 47.6 Å². The lowest BCUT2D eigenvalue weighted by Crippen LogP contribution is -2.26. The molecule has 0 spiro atoms. The number of hydrogen-bond acceptors (Lipinski definition) is 3. The fourth-order valence-electron chi connectivity index (χ4n) is 5.64. The standard InChI is InChI=1S/C31H42O3/c1-4-6-8-12-21-31(22-13-9-7-5-2)27-16-11-10-15-25(27)26-20-19-24(23-28(26)31)29(32)17-14-18-30(33)34-3/h10-11,15-16,19-20,23H,4-9,12-14,17-18,21-22H2,1-3H3. The van der Waals surface area contributed by atoms with Crippen LogP contribution in [0.5, 0.6) is 0 Å².